The maximum atomic E-state index is 10.6. The number of rotatable bonds is 17. The topological polar surface area (TPSA) is 37.3 Å². The molecule has 0 spiro atoms. The van der Waals surface area contributed by atoms with E-state index in [4.69, 9.17) is 5.11 Å². The molecule has 24 heavy (non-hydrogen) atoms. The molecule has 0 saturated heterocycles. The number of carbonyl (C=O) groups is 1. The predicted molar refractivity (Wildman–Crippen MR) is 105 cm³/mol. The zero-order valence-corrected chi connectivity index (χ0v) is 16.6. The van der Waals surface area contributed by atoms with Crippen LogP contribution in [0.3, 0.4) is 0 Å². The van der Waals surface area contributed by atoms with Gasteiger partial charge >= 0.3 is 5.97 Å². The maximum absolute atomic E-state index is 10.6. The van der Waals surface area contributed by atoms with Crippen LogP contribution in [-0.2, 0) is 4.79 Å². The van der Waals surface area contributed by atoms with Gasteiger partial charge < -0.3 is 5.11 Å². The van der Waals surface area contributed by atoms with Crippen molar-refractivity contribution in [1.82, 2.24) is 0 Å². The highest BCUT2D eigenvalue weighted by Crippen LogP contribution is 2.14. The molecule has 0 rings (SSSR count). The fourth-order valence-electron chi connectivity index (χ4n) is 3.05. The molecule has 2 nitrogen and oxygen atoms in total. The van der Waals surface area contributed by atoms with Crippen molar-refractivity contribution >= 4 is 5.97 Å². The Labute approximate surface area is 151 Å². The third-order valence-corrected chi connectivity index (χ3v) is 4.77. The lowest BCUT2D eigenvalue weighted by Crippen LogP contribution is -1.95. The van der Waals surface area contributed by atoms with Gasteiger partial charge in [0, 0.05) is 5.57 Å². The Morgan fingerprint density at radius 3 is 1.50 bits per heavy atom. The minimum absolute atomic E-state index is 0.481. The van der Waals surface area contributed by atoms with Gasteiger partial charge in [0.05, 0.1) is 0 Å². The van der Waals surface area contributed by atoms with E-state index in [9.17, 15) is 4.79 Å². The molecular formula is C22H42O2. The molecule has 1 N–H and O–H groups in total. The van der Waals surface area contributed by atoms with Crippen molar-refractivity contribution in [3.8, 4) is 0 Å². The van der Waals surface area contributed by atoms with Crippen LogP contribution in [-0.4, -0.2) is 11.1 Å². The van der Waals surface area contributed by atoms with Crippen LogP contribution in [0.25, 0.3) is 0 Å². The normalized spacial score (nSPS) is 12.1. The van der Waals surface area contributed by atoms with Crippen LogP contribution >= 0.6 is 0 Å². The summed E-state index contributed by atoms with van der Waals surface area (Å²) < 4.78 is 0. The molecule has 0 atom stereocenters. The van der Waals surface area contributed by atoms with E-state index in [0.717, 1.165) is 18.8 Å². The van der Waals surface area contributed by atoms with Crippen LogP contribution in [0, 0.1) is 5.92 Å². The average Bonchev–Trinajstić information content (AvgIpc) is 2.53. The monoisotopic (exact) mass is 338 g/mol. The summed E-state index contributed by atoms with van der Waals surface area (Å²) in [4.78, 5) is 10.6. The first-order valence-electron chi connectivity index (χ1n) is 10.4. The van der Waals surface area contributed by atoms with E-state index in [1.807, 2.05) is 6.08 Å². The Kier molecular flexibility index (Phi) is 16.5. The molecule has 0 aliphatic carbocycles. The van der Waals surface area contributed by atoms with Crippen molar-refractivity contribution < 1.29 is 9.90 Å². The van der Waals surface area contributed by atoms with Gasteiger partial charge in [-0.15, -0.1) is 0 Å². The van der Waals surface area contributed by atoms with E-state index in [1.165, 1.54) is 83.5 Å². The van der Waals surface area contributed by atoms with E-state index >= 15 is 0 Å². The zero-order chi connectivity index (χ0) is 18.0. The number of hydrogen-bond acceptors (Lipinski definition) is 1. The molecule has 0 aliphatic rings. The van der Waals surface area contributed by atoms with Gasteiger partial charge in [-0.25, -0.2) is 4.79 Å². The zero-order valence-electron chi connectivity index (χ0n) is 16.6. The third-order valence-electron chi connectivity index (χ3n) is 4.77. The van der Waals surface area contributed by atoms with Crippen molar-refractivity contribution in [3.05, 3.63) is 11.6 Å². The van der Waals surface area contributed by atoms with Gasteiger partial charge in [0.15, 0.2) is 0 Å². The highest BCUT2D eigenvalue weighted by molar-refractivity contribution is 5.85. The molecular weight excluding hydrogens is 296 g/mol. The van der Waals surface area contributed by atoms with Crippen molar-refractivity contribution in [3.63, 3.8) is 0 Å². The summed E-state index contributed by atoms with van der Waals surface area (Å²) in [7, 11) is 0. The van der Waals surface area contributed by atoms with E-state index < -0.39 is 5.97 Å². The fourth-order valence-corrected chi connectivity index (χ4v) is 3.05. The molecule has 0 heterocycles. The third kappa shape index (κ3) is 17.6. The van der Waals surface area contributed by atoms with Gasteiger partial charge in [-0.05, 0) is 25.7 Å². The molecule has 0 unspecified atom stereocenters. The first-order chi connectivity index (χ1) is 11.5. The molecule has 0 fully saturated rings. The van der Waals surface area contributed by atoms with Gasteiger partial charge in [0.1, 0.15) is 0 Å². The minimum atomic E-state index is -0.787. The minimum Gasteiger partial charge on any atom is -0.478 e. The van der Waals surface area contributed by atoms with E-state index in [2.05, 4.69) is 13.8 Å². The van der Waals surface area contributed by atoms with Crippen LogP contribution < -0.4 is 0 Å². The smallest absolute Gasteiger partial charge is 0.330 e. The molecule has 0 saturated carbocycles. The van der Waals surface area contributed by atoms with Gasteiger partial charge in [-0.1, -0.05) is 103 Å². The Hall–Kier alpha value is -0.790. The summed E-state index contributed by atoms with van der Waals surface area (Å²) in [5, 5.41) is 8.75. The van der Waals surface area contributed by atoms with E-state index in [1.54, 1.807) is 6.92 Å². The molecule has 0 aromatic rings. The number of carboxylic acids is 1. The summed E-state index contributed by atoms with van der Waals surface area (Å²) in [6.07, 6.45) is 21.9. The Morgan fingerprint density at radius 1 is 0.750 bits per heavy atom. The molecule has 0 amide bonds. The molecule has 0 aromatic carbocycles. The second-order valence-corrected chi connectivity index (χ2v) is 7.76. The number of allylic oxidation sites excluding steroid dienone is 1. The van der Waals surface area contributed by atoms with Crippen molar-refractivity contribution in [2.45, 2.75) is 117 Å². The summed E-state index contributed by atoms with van der Waals surface area (Å²) in [6, 6.07) is 0. The van der Waals surface area contributed by atoms with Gasteiger partial charge in [0.2, 0.25) is 0 Å². The van der Waals surface area contributed by atoms with E-state index in [0.29, 0.717) is 5.57 Å². The molecule has 0 aromatic heterocycles. The predicted octanol–water partition coefficient (Wildman–Crippen LogP) is 7.52. The van der Waals surface area contributed by atoms with Gasteiger partial charge in [-0.3, -0.25) is 0 Å². The lowest BCUT2D eigenvalue weighted by atomic mass is 10.0. The molecule has 0 radical (unpaired) electrons. The number of unbranched alkanes of at least 4 members (excludes halogenated alkanes) is 13. The van der Waals surface area contributed by atoms with Gasteiger partial charge in [0.25, 0.3) is 0 Å². The SMILES string of the molecule is CC(=CCCCCCCCCCCCCCCCC(C)C)C(=O)O. The van der Waals surface area contributed by atoms with E-state index in [-0.39, 0.29) is 0 Å². The summed E-state index contributed by atoms with van der Waals surface area (Å²) in [6.45, 7) is 6.31. The average molecular weight is 339 g/mol. The number of hydrogen-bond donors (Lipinski definition) is 1. The largest absolute Gasteiger partial charge is 0.478 e. The van der Waals surface area contributed by atoms with Crippen LogP contribution in [0.2, 0.25) is 0 Å². The summed E-state index contributed by atoms with van der Waals surface area (Å²) in [5.41, 5.74) is 0.481. The van der Waals surface area contributed by atoms with Crippen molar-refractivity contribution in [1.29, 1.82) is 0 Å². The molecule has 0 bridgehead atoms. The molecule has 142 valence electrons. The van der Waals surface area contributed by atoms with Crippen LogP contribution in [0.15, 0.2) is 11.6 Å². The van der Waals surface area contributed by atoms with Crippen LogP contribution in [0.1, 0.15) is 117 Å². The first kappa shape index (κ1) is 23.2. The lowest BCUT2D eigenvalue weighted by molar-refractivity contribution is -0.132. The molecule has 2 heteroatoms. The Morgan fingerprint density at radius 2 is 1.12 bits per heavy atom. The second kappa shape index (κ2) is 17.0. The Bertz CT molecular complexity index is 318. The van der Waals surface area contributed by atoms with Gasteiger partial charge in [-0.2, -0.15) is 0 Å². The van der Waals surface area contributed by atoms with Crippen LogP contribution in [0.5, 0.6) is 0 Å². The Balaban J connectivity index is 3.13. The quantitative estimate of drug-likeness (QED) is 0.220. The number of carboxylic acid groups (broad SMARTS) is 1. The fraction of sp³-hybridized carbons (Fsp3) is 0.864. The molecule has 0 aliphatic heterocycles. The van der Waals surface area contributed by atoms with Crippen molar-refractivity contribution in [2.24, 2.45) is 5.92 Å². The second-order valence-electron chi connectivity index (χ2n) is 7.76. The standard InChI is InChI=1S/C22H42O2/c1-20(2)18-16-14-12-10-8-6-4-5-7-9-11-13-15-17-19-21(3)22(23)24/h19-20H,4-18H2,1-3H3,(H,23,24). The van der Waals surface area contributed by atoms with Crippen LogP contribution in [0.4, 0.5) is 0 Å². The van der Waals surface area contributed by atoms with Crippen molar-refractivity contribution in [2.75, 3.05) is 0 Å². The summed E-state index contributed by atoms with van der Waals surface area (Å²) >= 11 is 0. The highest BCUT2D eigenvalue weighted by Gasteiger charge is 1.98. The summed E-state index contributed by atoms with van der Waals surface area (Å²) in [5.74, 6) is 0.0841. The number of aliphatic carboxylic acids is 1. The lowest BCUT2D eigenvalue weighted by Gasteiger charge is -2.05. The highest BCUT2D eigenvalue weighted by atomic mass is 16.4. The first-order valence-corrected chi connectivity index (χ1v) is 10.4. The maximum Gasteiger partial charge on any atom is 0.330 e.